The minimum Gasteiger partial charge on any atom is -0.497 e. The van der Waals surface area contributed by atoms with E-state index in [2.05, 4.69) is 0 Å². The van der Waals surface area contributed by atoms with E-state index in [1.807, 2.05) is 13.0 Å². The molecule has 0 aliphatic rings. The number of hydrogen-bond acceptors (Lipinski definition) is 4. The number of rotatable bonds is 5. The van der Waals surface area contributed by atoms with Crippen LogP contribution in [0.1, 0.15) is 11.1 Å². The van der Waals surface area contributed by atoms with Crippen molar-refractivity contribution in [2.24, 2.45) is 0 Å². The van der Waals surface area contributed by atoms with Crippen molar-refractivity contribution in [3.8, 4) is 11.5 Å². The molecule has 0 spiro atoms. The Morgan fingerprint density at radius 1 is 1.33 bits per heavy atom. The molecular weight excluding hydrogens is 234 g/mol. The van der Waals surface area contributed by atoms with Crippen LogP contribution in [0.3, 0.4) is 0 Å². The molecule has 0 saturated carbocycles. The summed E-state index contributed by atoms with van der Waals surface area (Å²) in [5.74, 6) is 0.766. The van der Waals surface area contributed by atoms with Crippen molar-refractivity contribution in [2.75, 3.05) is 21.3 Å². The van der Waals surface area contributed by atoms with E-state index in [9.17, 15) is 9.59 Å². The van der Waals surface area contributed by atoms with Gasteiger partial charge < -0.3 is 14.4 Å². The van der Waals surface area contributed by atoms with Gasteiger partial charge in [0.2, 0.25) is 6.29 Å². The van der Waals surface area contributed by atoms with Gasteiger partial charge in [-0.3, -0.25) is 9.59 Å². The molecule has 1 amide bonds. The number of carbonyl (C=O) groups is 2. The minimum atomic E-state index is -0.563. The number of benzene rings is 1. The summed E-state index contributed by atoms with van der Waals surface area (Å²) < 4.78 is 10.4. The average molecular weight is 251 g/mol. The highest BCUT2D eigenvalue weighted by Gasteiger charge is 2.14. The van der Waals surface area contributed by atoms with Gasteiger partial charge in [0.1, 0.15) is 11.5 Å². The van der Waals surface area contributed by atoms with E-state index in [1.165, 1.54) is 4.90 Å². The number of methoxy groups -OCH3 is 2. The summed E-state index contributed by atoms with van der Waals surface area (Å²) in [4.78, 5) is 23.0. The van der Waals surface area contributed by atoms with Crippen LogP contribution in [-0.2, 0) is 16.1 Å². The molecule has 0 N–H and O–H groups in total. The van der Waals surface area contributed by atoms with Crippen molar-refractivity contribution in [3.05, 3.63) is 23.3 Å². The maximum absolute atomic E-state index is 11.2. The third-order valence-corrected chi connectivity index (χ3v) is 2.73. The van der Waals surface area contributed by atoms with Crippen LogP contribution in [0.2, 0.25) is 0 Å². The molecule has 0 heterocycles. The van der Waals surface area contributed by atoms with Crippen molar-refractivity contribution in [1.29, 1.82) is 0 Å². The molecule has 0 fully saturated rings. The fourth-order valence-corrected chi connectivity index (χ4v) is 1.66. The minimum absolute atomic E-state index is 0.297. The second-order valence-electron chi connectivity index (χ2n) is 3.94. The summed E-state index contributed by atoms with van der Waals surface area (Å²) in [6.07, 6.45) is 0.297. The van der Waals surface area contributed by atoms with Gasteiger partial charge in [0.05, 0.1) is 14.2 Å². The zero-order valence-corrected chi connectivity index (χ0v) is 11.0. The van der Waals surface area contributed by atoms with Gasteiger partial charge in [-0.15, -0.1) is 0 Å². The Kier molecular flexibility index (Phi) is 4.71. The number of hydrogen-bond donors (Lipinski definition) is 0. The van der Waals surface area contributed by atoms with Crippen molar-refractivity contribution in [3.63, 3.8) is 0 Å². The molecule has 1 aromatic carbocycles. The third-order valence-electron chi connectivity index (χ3n) is 2.73. The maximum atomic E-state index is 11.2. The van der Waals surface area contributed by atoms with E-state index in [0.29, 0.717) is 24.3 Å². The lowest BCUT2D eigenvalue weighted by atomic mass is 10.1. The van der Waals surface area contributed by atoms with E-state index < -0.39 is 5.91 Å². The lowest BCUT2D eigenvalue weighted by Crippen LogP contribution is -2.27. The van der Waals surface area contributed by atoms with Crippen molar-refractivity contribution >= 4 is 12.2 Å². The number of aryl methyl sites for hydroxylation is 1. The lowest BCUT2D eigenvalue weighted by molar-refractivity contribution is -0.138. The molecule has 5 heteroatoms. The molecule has 0 aliphatic heterocycles. The predicted octanol–water partition coefficient (Wildman–Crippen LogP) is 1.17. The first kappa shape index (κ1) is 14.0. The maximum Gasteiger partial charge on any atom is 0.286 e. The molecular formula is C13H17NO4. The summed E-state index contributed by atoms with van der Waals surface area (Å²) in [6.45, 7) is 2.22. The van der Waals surface area contributed by atoms with Gasteiger partial charge >= 0.3 is 0 Å². The molecule has 0 bridgehead atoms. The van der Waals surface area contributed by atoms with E-state index in [0.717, 1.165) is 11.1 Å². The molecule has 0 radical (unpaired) electrons. The van der Waals surface area contributed by atoms with Gasteiger partial charge in [-0.25, -0.2) is 0 Å². The van der Waals surface area contributed by atoms with Crippen LogP contribution < -0.4 is 9.47 Å². The fraction of sp³-hybridized carbons (Fsp3) is 0.385. The third kappa shape index (κ3) is 3.00. The van der Waals surface area contributed by atoms with Crippen LogP contribution in [0.15, 0.2) is 12.1 Å². The van der Waals surface area contributed by atoms with E-state index in [4.69, 9.17) is 9.47 Å². The molecule has 5 nitrogen and oxygen atoms in total. The molecule has 0 aliphatic carbocycles. The Labute approximate surface area is 106 Å². The average Bonchev–Trinajstić information content (AvgIpc) is 2.39. The van der Waals surface area contributed by atoms with Crippen LogP contribution in [-0.4, -0.2) is 38.4 Å². The molecule has 18 heavy (non-hydrogen) atoms. The normalized spacial score (nSPS) is 9.78. The molecule has 1 rings (SSSR count). The fourth-order valence-electron chi connectivity index (χ4n) is 1.66. The number of amides is 1. The van der Waals surface area contributed by atoms with E-state index in [-0.39, 0.29) is 0 Å². The molecule has 0 unspecified atom stereocenters. The highest BCUT2D eigenvalue weighted by Crippen LogP contribution is 2.29. The molecule has 0 aromatic heterocycles. The predicted molar refractivity (Wildman–Crippen MR) is 66.8 cm³/mol. The number of ether oxygens (including phenoxy) is 2. The standard InChI is InChI=1S/C13H17NO4/c1-9-5-10(17-3)6-12(18-4)11(9)7-14(2)13(16)8-15/h5-6,8H,7H2,1-4H3. The smallest absolute Gasteiger partial charge is 0.286 e. The Bertz CT molecular complexity index is 457. The number of nitrogens with zero attached hydrogens (tertiary/aromatic N) is 1. The van der Waals surface area contributed by atoms with Gasteiger partial charge in [0.25, 0.3) is 5.91 Å². The monoisotopic (exact) mass is 251 g/mol. The van der Waals surface area contributed by atoms with Gasteiger partial charge in [-0.1, -0.05) is 0 Å². The number of likely N-dealkylation sites (N-methyl/N-ethyl adjacent to an activating group) is 1. The van der Waals surface area contributed by atoms with E-state index in [1.54, 1.807) is 27.3 Å². The van der Waals surface area contributed by atoms with Crippen LogP contribution in [0.5, 0.6) is 11.5 Å². The first-order valence-electron chi connectivity index (χ1n) is 5.45. The summed E-state index contributed by atoms with van der Waals surface area (Å²) in [5.41, 5.74) is 1.80. The largest absolute Gasteiger partial charge is 0.497 e. The van der Waals surface area contributed by atoms with Gasteiger partial charge in [-0.05, 0) is 18.6 Å². The van der Waals surface area contributed by atoms with Crippen LogP contribution in [0, 0.1) is 6.92 Å². The second-order valence-corrected chi connectivity index (χ2v) is 3.94. The molecule has 0 saturated heterocycles. The zero-order chi connectivity index (χ0) is 13.7. The SMILES string of the molecule is COc1cc(C)c(CN(C)C(=O)C=O)c(OC)c1. The lowest BCUT2D eigenvalue weighted by Gasteiger charge is -2.19. The number of carbonyl (C=O) groups excluding carboxylic acids is 2. The van der Waals surface area contributed by atoms with Crippen LogP contribution >= 0.6 is 0 Å². The Morgan fingerprint density at radius 3 is 2.50 bits per heavy atom. The van der Waals surface area contributed by atoms with Crippen LogP contribution in [0.25, 0.3) is 0 Å². The summed E-state index contributed by atoms with van der Waals surface area (Å²) in [6, 6.07) is 3.61. The number of aldehydes is 1. The first-order valence-corrected chi connectivity index (χ1v) is 5.45. The van der Waals surface area contributed by atoms with Crippen molar-refractivity contribution in [1.82, 2.24) is 4.90 Å². The van der Waals surface area contributed by atoms with Gasteiger partial charge in [0.15, 0.2) is 0 Å². The summed E-state index contributed by atoms with van der Waals surface area (Å²) in [5, 5.41) is 0. The summed E-state index contributed by atoms with van der Waals surface area (Å²) >= 11 is 0. The second kappa shape index (κ2) is 6.05. The topological polar surface area (TPSA) is 55.8 Å². The van der Waals surface area contributed by atoms with Crippen LogP contribution in [0.4, 0.5) is 0 Å². The highest BCUT2D eigenvalue weighted by molar-refractivity contribution is 6.23. The summed E-state index contributed by atoms with van der Waals surface area (Å²) in [7, 11) is 4.70. The molecule has 98 valence electrons. The molecule has 1 aromatic rings. The first-order chi connectivity index (χ1) is 8.53. The Morgan fingerprint density at radius 2 is 2.00 bits per heavy atom. The van der Waals surface area contributed by atoms with Crippen molar-refractivity contribution < 1.29 is 19.1 Å². The molecule has 0 atom stereocenters. The highest BCUT2D eigenvalue weighted by atomic mass is 16.5. The zero-order valence-electron chi connectivity index (χ0n) is 11.0. The Hall–Kier alpha value is -2.04. The van der Waals surface area contributed by atoms with Gasteiger partial charge in [0, 0.05) is 25.2 Å². The Balaban J connectivity index is 3.08. The van der Waals surface area contributed by atoms with E-state index >= 15 is 0 Å². The van der Waals surface area contributed by atoms with Gasteiger partial charge in [-0.2, -0.15) is 0 Å². The van der Waals surface area contributed by atoms with Crippen molar-refractivity contribution in [2.45, 2.75) is 13.5 Å². The quantitative estimate of drug-likeness (QED) is 0.582.